The summed E-state index contributed by atoms with van der Waals surface area (Å²) < 4.78 is 26.4. The lowest BCUT2D eigenvalue weighted by molar-refractivity contribution is -0.151. The molecule has 5 N–H and O–H groups in total. The van der Waals surface area contributed by atoms with E-state index in [0.29, 0.717) is 0 Å². The molecular weight excluding hydrogens is 636 g/mol. The predicted molar refractivity (Wildman–Crippen MR) is 166 cm³/mol. The number of carbonyl (C=O) groups excluding carboxylic acids is 4. The zero-order valence-corrected chi connectivity index (χ0v) is 27.6. The number of ether oxygens (including phenoxy) is 5. The Labute approximate surface area is 276 Å². The number of aromatic hydroxyl groups is 3. The average Bonchev–Trinajstić information content (AvgIpc) is 2.90. The number of phenolic OH excluding ortho intramolecular Hbond substituents is 3. The Hall–Kier alpha value is -5.05. The smallest absolute Gasteiger partial charge is 0.342 e. The number of rotatable bonds is 17. The minimum atomic E-state index is -1.18. The molecule has 0 aliphatic rings. The summed E-state index contributed by atoms with van der Waals surface area (Å²) in [4.78, 5) is 61.5. The minimum Gasteiger partial charge on any atom is -0.508 e. The molecule has 264 valence electrons. The van der Waals surface area contributed by atoms with Gasteiger partial charge in [0, 0.05) is 25.0 Å². The van der Waals surface area contributed by atoms with E-state index < -0.39 is 84.7 Å². The van der Waals surface area contributed by atoms with Crippen molar-refractivity contribution >= 4 is 29.8 Å². The second kappa shape index (κ2) is 17.8. The first-order chi connectivity index (χ1) is 22.4. The molecule has 0 spiro atoms. The third-order valence-corrected chi connectivity index (χ3v) is 6.68. The Balaban J connectivity index is 2.10. The minimum absolute atomic E-state index is 0.0901. The van der Waals surface area contributed by atoms with E-state index in [2.05, 4.69) is 0 Å². The number of hydrogen-bond acceptors (Lipinski definition) is 14. The van der Waals surface area contributed by atoms with Crippen LogP contribution in [0.3, 0.4) is 0 Å². The Morgan fingerprint density at radius 3 is 1.56 bits per heavy atom. The van der Waals surface area contributed by atoms with Gasteiger partial charge >= 0.3 is 29.8 Å². The molecule has 0 radical (unpaired) electrons. The summed E-state index contributed by atoms with van der Waals surface area (Å²) in [5.74, 6) is -5.91. The van der Waals surface area contributed by atoms with Crippen LogP contribution in [0.15, 0.2) is 24.3 Å². The van der Waals surface area contributed by atoms with Crippen molar-refractivity contribution in [3.05, 3.63) is 46.5 Å². The number of hydrogen-bond donors (Lipinski definition) is 5. The van der Waals surface area contributed by atoms with Crippen LogP contribution in [-0.2, 0) is 46.2 Å². The molecule has 0 heterocycles. The van der Waals surface area contributed by atoms with Gasteiger partial charge in [0.15, 0.2) is 0 Å². The Kier molecular flexibility index (Phi) is 14.5. The zero-order chi connectivity index (χ0) is 36.3. The summed E-state index contributed by atoms with van der Waals surface area (Å²) in [5, 5.41) is 49.3. The van der Waals surface area contributed by atoms with Crippen molar-refractivity contribution in [3.8, 4) is 23.0 Å². The van der Waals surface area contributed by atoms with Crippen LogP contribution in [0.4, 0.5) is 0 Å². The first-order valence-electron chi connectivity index (χ1n) is 15.1. The number of methoxy groups -OCH3 is 1. The van der Waals surface area contributed by atoms with E-state index in [1.807, 2.05) is 0 Å². The van der Waals surface area contributed by atoms with Crippen LogP contribution < -0.4 is 4.74 Å². The van der Waals surface area contributed by atoms with Gasteiger partial charge in [0.05, 0.1) is 32.5 Å². The van der Waals surface area contributed by atoms with Gasteiger partial charge in [0.2, 0.25) is 0 Å². The van der Waals surface area contributed by atoms with Gasteiger partial charge in [-0.25, -0.2) is 9.59 Å². The maximum absolute atomic E-state index is 13.1. The van der Waals surface area contributed by atoms with E-state index in [0.717, 1.165) is 6.07 Å². The summed E-state index contributed by atoms with van der Waals surface area (Å²) in [6, 6.07) is 4.74. The van der Waals surface area contributed by atoms with Crippen molar-refractivity contribution in [2.75, 3.05) is 7.11 Å². The zero-order valence-electron chi connectivity index (χ0n) is 27.6. The topological polar surface area (TPSA) is 233 Å². The van der Waals surface area contributed by atoms with Gasteiger partial charge in [0.1, 0.15) is 58.5 Å². The normalized spacial score (nSPS) is 14.1. The predicted octanol–water partition coefficient (Wildman–Crippen LogP) is 3.19. The van der Waals surface area contributed by atoms with E-state index in [9.17, 15) is 44.4 Å². The van der Waals surface area contributed by atoms with E-state index in [-0.39, 0.29) is 53.0 Å². The molecule has 5 unspecified atom stereocenters. The van der Waals surface area contributed by atoms with Gasteiger partial charge in [-0.05, 0) is 57.9 Å². The van der Waals surface area contributed by atoms with Crippen LogP contribution in [0.5, 0.6) is 23.0 Å². The van der Waals surface area contributed by atoms with Crippen LogP contribution in [0, 0.1) is 0 Å². The van der Waals surface area contributed by atoms with E-state index in [4.69, 9.17) is 28.8 Å². The number of aliphatic carboxylic acids is 1. The molecule has 0 bridgehead atoms. The van der Waals surface area contributed by atoms with Crippen LogP contribution in [0.2, 0.25) is 0 Å². The molecule has 0 amide bonds. The fraction of sp³-hybridized carbons (Fsp3) is 0.485. The summed E-state index contributed by atoms with van der Waals surface area (Å²) in [7, 11) is 1.34. The van der Waals surface area contributed by atoms with Crippen LogP contribution in [-0.4, -0.2) is 93.0 Å². The van der Waals surface area contributed by atoms with Crippen molar-refractivity contribution in [1.82, 2.24) is 0 Å². The highest BCUT2D eigenvalue weighted by Crippen LogP contribution is 2.32. The molecule has 0 aromatic heterocycles. The Bertz CT molecular complexity index is 1480. The van der Waals surface area contributed by atoms with Gasteiger partial charge in [-0.15, -0.1) is 0 Å². The monoisotopic (exact) mass is 678 g/mol. The second-order valence-corrected chi connectivity index (χ2v) is 11.5. The summed E-state index contributed by atoms with van der Waals surface area (Å²) in [5.41, 5.74) is -0.267. The number of carboxylic acid groups (broad SMARTS) is 1. The second-order valence-electron chi connectivity index (χ2n) is 11.5. The van der Waals surface area contributed by atoms with Crippen LogP contribution in [0.25, 0.3) is 0 Å². The number of aliphatic hydroxyl groups is 1. The fourth-order valence-electron chi connectivity index (χ4n) is 4.77. The largest absolute Gasteiger partial charge is 0.508 e. The molecule has 2 rings (SSSR count). The average molecular weight is 679 g/mol. The maximum Gasteiger partial charge on any atom is 0.342 e. The molecule has 15 heteroatoms. The van der Waals surface area contributed by atoms with E-state index in [1.54, 1.807) is 0 Å². The van der Waals surface area contributed by atoms with Gasteiger partial charge in [-0.3, -0.25) is 14.4 Å². The Morgan fingerprint density at radius 1 is 0.625 bits per heavy atom. The number of benzene rings is 2. The third kappa shape index (κ3) is 12.3. The lowest BCUT2D eigenvalue weighted by Crippen LogP contribution is -2.25. The molecule has 0 aliphatic carbocycles. The van der Waals surface area contributed by atoms with E-state index in [1.165, 1.54) is 59.9 Å². The van der Waals surface area contributed by atoms with Gasteiger partial charge in [-0.1, -0.05) is 0 Å². The number of aliphatic hydroxyl groups excluding tert-OH is 1. The van der Waals surface area contributed by atoms with Crippen molar-refractivity contribution in [3.63, 3.8) is 0 Å². The first-order valence-corrected chi connectivity index (χ1v) is 15.1. The van der Waals surface area contributed by atoms with Crippen molar-refractivity contribution in [1.29, 1.82) is 0 Å². The number of carbonyl (C=O) groups is 5. The highest BCUT2D eigenvalue weighted by atomic mass is 16.6. The first kappa shape index (κ1) is 39.1. The third-order valence-electron chi connectivity index (χ3n) is 6.68. The lowest BCUT2D eigenvalue weighted by atomic mass is 10.00. The van der Waals surface area contributed by atoms with Crippen LogP contribution >= 0.6 is 0 Å². The number of esters is 4. The molecule has 15 nitrogen and oxygen atoms in total. The molecule has 0 aliphatic heterocycles. The molecular formula is C33H42O15. The molecule has 0 fully saturated rings. The summed E-state index contributed by atoms with van der Waals surface area (Å²) in [6.07, 6.45) is -5.96. The molecule has 5 atom stereocenters. The molecule has 2 aromatic carbocycles. The van der Waals surface area contributed by atoms with Gasteiger partial charge in [-0.2, -0.15) is 0 Å². The van der Waals surface area contributed by atoms with E-state index >= 15 is 0 Å². The summed E-state index contributed by atoms with van der Waals surface area (Å²) in [6.45, 7) is 7.25. The molecule has 2 aromatic rings. The summed E-state index contributed by atoms with van der Waals surface area (Å²) >= 11 is 0. The quantitative estimate of drug-likeness (QED) is 0.119. The molecule has 48 heavy (non-hydrogen) atoms. The Morgan fingerprint density at radius 2 is 1.08 bits per heavy atom. The molecule has 0 saturated heterocycles. The maximum atomic E-state index is 13.1. The SMILES string of the molecule is COc1cc(O)c(C(=O)OC(C)CC(=O)O)c(CC(C)OC(=O)CC(C)OC(=O)c2c(O)cc(O)cc2CC(C)OC(=O)CC(C)O)c1. The van der Waals surface area contributed by atoms with Crippen molar-refractivity contribution in [2.24, 2.45) is 0 Å². The number of carboxylic acids is 1. The fourth-order valence-corrected chi connectivity index (χ4v) is 4.77. The standard InChI is InChI=1S/C33H42O15/c1-16(34)7-28(40)45-17(2)8-21-12-23(35)14-25(36)30(21)32(42)48-20(5)11-29(41)46-18(3)9-22-13-24(44-6)15-26(37)31(22)33(43)47-19(4)10-27(38)39/h12-20,34-37H,7-11H2,1-6H3,(H,38,39). The lowest BCUT2D eigenvalue weighted by Gasteiger charge is -2.20. The van der Waals surface area contributed by atoms with Crippen molar-refractivity contribution < 1.29 is 73.2 Å². The highest BCUT2D eigenvalue weighted by Gasteiger charge is 2.27. The highest BCUT2D eigenvalue weighted by molar-refractivity contribution is 5.95. The van der Waals surface area contributed by atoms with Gasteiger partial charge < -0.3 is 49.2 Å². The van der Waals surface area contributed by atoms with Crippen LogP contribution in [0.1, 0.15) is 85.7 Å². The number of phenols is 3. The molecule has 0 saturated carbocycles. The van der Waals surface area contributed by atoms with Crippen molar-refractivity contribution in [2.45, 2.75) is 97.2 Å². The van der Waals surface area contributed by atoms with Gasteiger partial charge in [0.25, 0.3) is 0 Å².